The number of benzene rings is 1. The van der Waals surface area contributed by atoms with Crippen LogP contribution in [0.5, 0.6) is 0 Å². The summed E-state index contributed by atoms with van der Waals surface area (Å²) in [7, 11) is 3.60. The number of aryl methyl sites for hydroxylation is 2. The van der Waals surface area contributed by atoms with Gasteiger partial charge in [-0.1, -0.05) is 18.6 Å². The molecule has 9 heteroatoms. The topological polar surface area (TPSA) is 89.7 Å². The summed E-state index contributed by atoms with van der Waals surface area (Å²) in [6.07, 6.45) is 8.03. The first kappa shape index (κ1) is 21.0. The van der Waals surface area contributed by atoms with Gasteiger partial charge in [0.15, 0.2) is 5.82 Å². The van der Waals surface area contributed by atoms with E-state index in [0.29, 0.717) is 0 Å². The lowest BCUT2D eigenvalue weighted by Crippen LogP contribution is -2.30. The van der Waals surface area contributed by atoms with Crippen LogP contribution in [0.3, 0.4) is 0 Å². The van der Waals surface area contributed by atoms with Gasteiger partial charge in [-0.2, -0.15) is 5.10 Å². The number of hydrogen-bond donors (Lipinski definition) is 2. The summed E-state index contributed by atoms with van der Waals surface area (Å²) in [5, 5.41) is 19.0. The number of carbonyl (C=O) groups excluding carboxylic acids is 1. The minimum absolute atomic E-state index is 0. The minimum atomic E-state index is -0.471. The van der Waals surface area contributed by atoms with Crippen LogP contribution >= 0.6 is 12.4 Å². The van der Waals surface area contributed by atoms with Crippen molar-refractivity contribution in [2.24, 2.45) is 7.05 Å². The highest BCUT2D eigenvalue weighted by molar-refractivity contribution is 5.95. The molecule has 29 heavy (non-hydrogen) atoms. The number of hydrogen-bond acceptors (Lipinski definition) is 5. The molecule has 0 saturated heterocycles. The number of rotatable bonds is 5. The molecule has 1 unspecified atom stereocenters. The van der Waals surface area contributed by atoms with Gasteiger partial charge in [0.05, 0.1) is 6.20 Å². The highest BCUT2D eigenvalue weighted by Crippen LogP contribution is 2.25. The lowest BCUT2D eigenvalue weighted by atomic mass is 10.1. The van der Waals surface area contributed by atoms with Gasteiger partial charge in [0, 0.05) is 43.0 Å². The Labute approximate surface area is 176 Å². The van der Waals surface area contributed by atoms with Crippen molar-refractivity contribution in [1.82, 2.24) is 29.9 Å². The smallest absolute Gasteiger partial charge is 0.246 e. The number of aromatic nitrogens is 5. The van der Waals surface area contributed by atoms with Gasteiger partial charge in [-0.3, -0.25) is 9.48 Å². The lowest BCUT2D eigenvalue weighted by molar-refractivity contribution is -0.118. The molecule has 1 atom stereocenters. The Bertz CT molecular complexity index is 981. The van der Waals surface area contributed by atoms with Crippen molar-refractivity contribution in [2.75, 3.05) is 12.4 Å². The van der Waals surface area contributed by atoms with Crippen molar-refractivity contribution >= 4 is 24.0 Å². The standard InChI is InChI=1S/C20H25N7O.ClH/c1-21-18(15-12-22-26(2)13-15)20(28)23-16-8-6-7-14(11-16)19-25-24-17-9-4-3-5-10-27(17)19;/h6-8,11-13,18,21H,3-5,9-10H2,1-2H3,(H,23,28);1H. The van der Waals surface area contributed by atoms with E-state index in [9.17, 15) is 4.79 Å². The van der Waals surface area contributed by atoms with E-state index in [-0.39, 0.29) is 18.3 Å². The van der Waals surface area contributed by atoms with Crippen molar-refractivity contribution in [3.8, 4) is 11.4 Å². The molecule has 0 bridgehead atoms. The van der Waals surface area contributed by atoms with Crippen molar-refractivity contribution in [1.29, 1.82) is 0 Å². The first-order chi connectivity index (χ1) is 13.7. The van der Waals surface area contributed by atoms with Crippen LogP contribution in [0.25, 0.3) is 11.4 Å². The number of fused-ring (bicyclic) bond motifs is 1. The summed E-state index contributed by atoms with van der Waals surface area (Å²) in [4.78, 5) is 12.8. The molecule has 8 nitrogen and oxygen atoms in total. The number of nitrogens with zero attached hydrogens (tertiary/aromatic N) is 5. The Morgan fingerprint density at radius 3 is 2.83 bits per heavy atom. The maximum atomic E-state index is 12.8. The van der Waals surface area contributed by atoms with Crippen molar-refractivity contribution in [2.45, 2.75) is 38.3 Å². The van der Waals surface area contributed by atoms with E-state index in [1.54, 1.807) is 17.9 Å². The fourth-order valence-electron chi connectivity index (χ4n) is 3.69. The summed E-state index contributed by atoms with van der Waals surface area (Å²) < 4.78 is 3.89. The van der Waals surface area contributed by atoms with E-state index in [4.69, 9.17) is 0 Å². The predicted octanol–water partition coefficient (Wildman–Crippen LogP) is 2.73. The number of amides is 1. The van der Waals surface area contributed by atoms with Crippen LogP contribution in [-0.2, 0) is 24.8 Å². The van der Waals surface area contributed by atoms with Crippen molar-refractivity contribution < 1.29 is 4.79 Å². The van der Waals surface area contributed by atoms with Crippen LogP contribution in [0.1, 0.15) is 36.7 Å². The van der Waals surface area contributed by atoms with Gasteiger partial charge in [-0.25, -0.2) is 0 Å². The zero-order chi connectivity index (χ0) is 19.5. The molecule has 0 radical (unpaired) electrons. The van der Waals surface area contributed by atoms with Crippen LogP contribution in [0.4, 0.5) is 5.69 Å². The van der Waals surface area contributed by atoms with Crippen LogP contribution < -0.4 is 10.6 Å². The first-order valence-electron chi connectivity index (χ1n) is 9.65. The van der Waals surface area contributed by atoms with Crippen molar-refractivity contribution in [3.05, 3.63) is 48.0 Å². The van der Waals surface area contributed by atoms with Gasteiger partial charge in [0.25, 0.3) is 0 Å². The van der Waals surface area contributed by atoms with Crippen LogP contribution in [0.15, 0.2) is 36.7 Å². The molecule has 1 aliphatic heterocycles. The normalized spacial score (nSPS) is 14.4. The molecule has 2 aromatic heterocycles. The largest absolute Gasteiger partial charge is 0.324 e. The van der Waals surface area contributed by atoms with Gasteiger partial charge in [0.2, 0.25) is 5.91 Å². The Morgan fingerprint density at radius 1 is 1.21 bits per heavy atom. The average Bonchev–Trinajstić information content (AvgIpc) is 3.22. The molecule has 1 aromatic carbocycles. The highest BCUT2D eigenvalue weighted by Gasteiger charge is 2.21. The van der Waals surface area contributed by atoms with Gasteiger partial charge in [-0.05, 0) is 32.0 Å². The third-order valence-corrected chi connectivity index (χ3v) is 5.11. The summed E-state index contributed by atoms with van der Waals surface area (Å²) >= 11 is 0. The fourth-order valence-corrected chi connectivity index (χ4v) is 3.69. The Hall–Kier alpha value is -2.71. The molecule has 154 valence electrons. The SMILES string of the molecule is CNC(C(=O)Nc1cccc(-c2nnc3n2CCCCC3)c1)c1cnn(C)c1.Cl. The summed E-state index contributed by atoms with van der Waals surface area (Å²) in [6.45, 7) is 0.942. The Kier molecular flexibility index (Phi) is 6.66. The predicted molar refractivity (Wildman–Crippen MR) is 114 cm³/mol. The maximum absolute atomic E-state index is 12.8. The van der Waals surface area contributed by atoms with Gasteiger partial charge in [0.1, 0.15) is 11.9 Å². The third kappa shape index (κ3) is 4.49. The molecular formula is C20H26ClN7O. The van der Waals surface area contributed by atoms with Crippen LogP contribution in [-0.4, -0.2) is 37.5 Å². The zero-order valence-corrected chi connectivity index (χ0v) is 17.4. The van der Waals surface area contributed by atoms with Gasteiger partial charge in [-0.15, -0.1) is 22.6 Å². The number of halogens is 1. The number of likely N-dealkylation sites (N-methyl/N-ethyl adjacent to an activating group) is 1. The highest BCUT2D eigenvalue weighted by atomic mass is 35.5. The molecule has 1 amide bonds. The molecule has 3 aromatic rings. The van der Waals surface area contributed by atoms with E-state index in [1.807, 2.05) is 37.5 Å². The van der Waals surface area contributed by atoms with Gasteiger partial charge < -0.3 is 15.2 Å². The quantitative estimate of drug-likeness (QED) is 0.668. The average molecular weight is 416 g/mol. The lowest BCUT2D eigenvalue weighted by Gasteiger charge is -2.15. The van der Waals surface area contributed by atoms with E-state index in [1.165, 1.54) is 6.42 Å². The number of carbonyl (C=O) groups is 1. The van der Waals surface area contributed by atoms with Crippen LogP contribution in [0, 0.1) is 0 Å². The molecule has 0 aliphatic carbocycles. The second-order valence-electron chi connectivity index (χ2n) is 7.14. The minimum Gasteiger partial charge on any atom is -0.324 e. The van der Waals surface area contributed by atoms with Gasteiger partial charge >= 0.3 is 0 Å². The number of anilines is 1. The summed E-state index contributed by atoms with van der Waals surface area (Å²) in [6, 6.07) is 7.31. The number of nitrogens with one attached hydrogen (secondary N) is 2. The van der Waals surface area contributed by atoms with Crippen LogP contribution in [0.2, 0.25) is 0 Å². The molecular weight excluding hydrogens is 390 g/mol. The Balaban J connectivity index is 0.00000240. The molecule has 0 saturated carbocycles. The molecule has 2 N–H and O–H groups in total. The van der Waals surface area contributed by atoms with Crippen molar-refractivity contribution in [3.63, 3.8) is 0 Å². The van der Waals surface area contributed by atoms with E-state index in [0.717, 1.165) is 54.3 Å². The van der Waals surface area contributed by atoms with E-state index in [2.05, 4.69) is 30.5 Å². The second kappa shape index (κ2) is 9.19. The molecule has 0 fully saturated rings. The van der Waals surface area contributed by atoms with E-state index < -0.39 is 6.04 Å². The third-order valence-electron chi connectivity index (χ3n) is 5.11. The molecule has 1 aliphatic rings. The fraction of sp³-hybridized carbons (Fsp3) is 0.400. The molecule has 3 heterocycles. The summed E-state index contributed by atoms with van der Waals surface area (Å²) in [5.74, 6) is 1.78. The first-order valence-corrected chi connectivity index (χ1v) is 9.65. The zero-order valence-electron chi connectivity index (χ0n) is 16.6. The Morgan fingerprint density at radius 2 is 2.07 bits per heavy atom. The second-order valence-corrected chi connectivity index (χ2v) is 7.14. The summed E-state index contributed by atoms with van der Waals surface area (Å²) in [5.41, 5.74) is 2.51. The maximum Gasteiger partial charge on any atom is 0.246 e. The molecule has 4 rings (SSSR count). The monoisotopic (exact) mass is 415 g/mol. The van der Waals surface area contributed by atoms with E-state index >= 15 is 0 Å². The molecule has 0 spiro atoms.